The molecule has 1 amide bonds. The van der Waals surface area contributed by atoms with Crippen LogP contribution in [0.3, 0.4) is 0 Å². The summed E-state index contributed by atoms with van der Waals surface area (Å²) in [4.78, 5) is 14.7. The van der Waals surface area contributed by atoms with E-state index in [9.17, 15) is 4.79 Å². The van der Waals surface area contributed by atoms with Crippen LogP contribution in [0, 0.1) is 11.8 Å². The summed E-state index contributed by atoms with van der Waals surface area (Å²) < 4.78 is 0. The zero-order valence-electron chi connectivity index (χ0n) is 12.7. The fourth-order valence-electron chi connectivity index (χ4n) is 3.71. The third-order valence-corrected chi connectivity index (χ3v) is 5.11. The highest BCUT2D eigenvalue weighted by Gasteiger charge is 2.29. The molecule has 1 N–H and O–H groups in total. The number of likely N-dealkylation sites (N-methyl/N-ethyl adjacent to an activating group) is 1. The Balaban J connectivity index is 1.86. The predicted octanol–water partition coefficient (Wildman–Crippen LogP) is 2.80. The Morgan fingerprint density at radius 3 is 2.58 bits per heavy atom. The summed E-state index contributed by atoms with van der Waals surface area (Å²) in [6, 6.07) is 0.424. The molecule has 1 aliphatic carbocycles. The lowest BCUT2D eigenvalue weighted by molar-refractivity contribution is -0.136. The second kappa shape index (κ2) is 7.28. The highest BCUT2D eigenvalue weighted by atomic mass is 16.2. The summed E-state index contributed by atoms with van der Waals surface area (Å²) in [6.45, 7) is 4.20. The van der Waals surface area contributed by atoms with Gasteiger partial charge in [0.2, 0.25) is 5.91 Å². The van der Waals surface area contributed by atoms with E-state index < -0.39 is 0 Å². The van der Waals surface area contributed by atoms with Crippen LogP contribution in [0.4, 0.5) is 0 Å². The van der Waals surface area contributed by atoms with E-state index in [1.807, 2.05) is 11.9 Å². The van der Waals surface area contributed by atoms with Crippen molar-refractivity contribution < 1.29 is 4.79 Å². The van der Waals surface area contributed by atoms with Gasteiger partial charge in [-0.15, -0.1) is 0 Å². The molecule has 2 unspecified atom stereocenters. The molecule has 0 aromatic heterocycles. The molecule has 0 spiro atoms. The summed E-state index contributed by atoms with van der Waals surface area (Å²) in [5.74, 6) is 1.45. The van der Waals surface area contributed by atoms with Gasteiger partial charge in [-0.05, 0) is 31.7 Å². The molecule has 2 fully saturated rings. The van der Waals surface area contributed by atoms with Crippen LogP contribution >= 0.6 is 0 Å². The Morgan fingerprint density at radius 2 is 2.00 bits per heavy atom. The van der Waals surface area contributed by atoms with Gasteiger partial charge in [0.1, 0.15) is 0 Å². The highest BCUT2D eigenvalue weighted by molar-refractivity contribution is 5.79. The van der Waals surface area contributed by atoms with E-state index in [1.165, 1.54) is 32.1 Å². The van der Waals surface area contributed by atoms with Gasteiger partial charge < -0.3 is 10.2 Å². The standard InChI is InChI=1S/C16H30N2O/c1-3-14(11-13-7-5-4-6-8-13)16(19)18(2)15-9-10-17-12-15/h13-15,17H,3-12H2,1-2H3. The molecule has 0 bridgehead atoms. The van der Waals surface area contributed by atoms with E-state index in [2.05, 4.69) is 12.2 Å². The minimum atomic E-state index is 0.258. The molecular weight excluding hydrogens is 236 g/mol. The fourth-order valence-corrected chi connectivity index (χ4v) is 3.71. The van der Waals surface area contributed by atoms with E-state index in [4.69, 9.17) is 0 Å². The fraction of sp³-hybridized carbons (Fsp3) is 0.938. The monoisotopic (exact) mass is 266 g/mol. The van der Waals surface area contributed by atoms with Crippen LogP contribution in [0.25, 0.3) is 0 Å². The van der Waals surface area contributed by atoms with Crippen molar-refractivity contribution in [2.45, 2.75) is 64.3 Å². The lowest BCUT2D eigenvalue weighted by atomic mass is 9.81. The number of nitrogens with zero attached hydrogens (tertiary/aromatic N) is 1. The molecular formula is C16H30N2O. The summed E-state index contributed by atoms with van der Waals surface area (Å²) in [6.07, 6.45) is 10.1. The van der Waals surface area contributed by atoms with Gasteiger partial charge in [0, 0.05) is 25.6 Å². The Hall–Kier alpha value is -0.570. The van der Waals surface area contributed by atoms with Gasteiger partial charge in [-0.1, -0.05) is 39.0 Å². The van der Waals surface area contributed by atoms with Gasteiger partial charge in [0.15, 0.2) is 0 Å². The Morgan fingerprint density at radius 1 is 1.26 bits per heavy atom. The van der Waals surface area contributed by atoms with Crippen molar-refractivity contribution in [3.8, 4) is 0 Å². The van der Waals surface area contributed by atoms with E-state index in [1.54, 1.807) is 0 Å². The lowest BCUT2D eigenvalue weighted by Crippen LogP contribution is -2.42. The number of nitrogens with one attached hydrogen (secondary N) is 1. The summed E-state index contributed by atoms with van der Waals surface area (Å²) in [5, 5.41) is 3.35. The smallest absolute Gasteiger partial charge is 0.225 e. The quantitative estimate of drug-likeness (QED) is 0.830. The Bertz CT molecular complexity index is 280. The van der Waals surface area contributed by atoms with Crippen LogP contribution in [-0.4, -0.2) is 37.0 Å². The average Bonchev–Trinajstić information content (AvgIpc) is 2.98. The second-order valence-corrected chi connectivity index (χ2v) is 6.44. The molecule has 3 heteroatoms. The first-order chi connectivity index (χ1) is 9.22. The van der Waals surface area contributed by atoms with Crippen molar-refractivity contribution in [3.63, 3.8) is 0 Å². The normalized spacial score (nSPS) is 26.3. The van der Waals surface area contributed by atoms with Crippen molar-refractivity contribution in [3.05, 3.63) is 0 Å². The molecule has 110 valence electrons. The SMILES string of the molecule is CCC(CC1CCCCC1)C(=O)N(C)C1CCNC1. The van der Waals surface area contributed by atoms with E-state index in [0.29, 0.717) is 11.9 Å². The van der Waals surface area contributed by atoms with Gasteiger partial charge in [-0.25, -0.2) is 0 Å². The van der Waals surface area contributed by atoms with Gasteiger partial charge >= 0.3 is 0 Å². The first-order valence-corrected chi connectivity index (χ1v) is 8.19. The molecule has 1 aliphatic heterocycles. The topological polar surface area (TPSA) is 32.3 Å². The van der Waals surface area contributed by atoms with E-state index in [-0.39, 0.29) is 5.92 Å². The summed E-state index contributed by atoms with van der Waals surface area (Å²) >= 11 is 0. The number of amides is 1. The molecule has 1 saturated heterocycles. The maximum absolute atomic E-state index is 12.6. The third kappa shape index (κ3) is 3.95. The minimum Gasteiger partial charge on any atom is -0.341 e. The molecule has 19 heavy (non-hydrogen) atoms. The molecule has 2 aliphatic rings. The van der Waals surface area contributed by atoms with Crippen molar-refractivity contribution in [1.82, 2.24) is 10.2 Å². The van der Waals surface area contributed by atoms with E-state index in [0.717, 1.165) is 38.3 Å². The zero-order valence-corrected chi connectivity index (χ0v) is 12.7. The van der Waals surface area contributed by atoms with Crippen molar-refractivity contribution in [2.24, 2.45) is 11.8 Å². The first kappa shape index (κ1) is 14.8. The third-order valence-electron chi connectivity index (χ3n) is 5.11. The Kier molecular flexibility index (Phi) is 5.68. The van der Waals surface area contributed by atoms with Crippen LogP contribution in [0.1, 0.15) is 58.3 Å². The predicted molar refractivity (Wildman–Crippen MR) is 79.0 cm³/mol. The molecule has 1 heterocycles. The van der Waals surface area contributed by atoms with Gasteiger partial charge in [-0.2, -0.15) is 0 Å². The van der Waals surface area contributed by atoms with Crippen molar-refractivity contribution in [1.29, 1.82) is 0 Å². The van der Waals surface area contributed by atoms with Crippen LogP contribution in [0.15, 0.2) is 0 Å². The van der Waals surface area contributed by atoms with Crippen LogP contribution in [0.5, 0.6) is 0 Å². The molecule has 2 rings (SSSR count). The van der Waals surface area contributed by atoms with Crippen LogP contribution in [0.2, 0.25) is 0 Å². The molecule has 2 atom stereocenters. The van der Waals surface area contributed by atoms with Crippen molar-refractivity contribution >= 4 is 5.91 Å². The molecule has 0 aromatic carbocycles. The second-order valence-electron chi connectivity index (χ2n) is 6.44. The molecule has 3 nitrogen and oxygen atoms in total. The maximum atomic E-state index is 12.6. The van der Waals surface area contributed by atoms with Gasteiger partial charge in [0.25, 0.3) is 0 Å². The van der Waals surface area contributed by atoms with Crippen LogP contribution < -0.4 is 5.32 Å². The molecule has 0 aromatic rings. The largest absolute Gasteiger partial charge is 0.341 e. The maximum Gasteiger partial charge on any atom is 0.225 e. The molecule has 0 radical (unpaired) electrons. The first-order valence-electron chi connectivity index (χ1n) is 8.19. The molecule has 1 saturated carbocycles. The Labute approximate surface area is 118 Å². The summed E-state index contributed by atoms with van der Waals surface area (Å²) in [7, 11) is 2.00. The van der Waals surface area contributed by atoms with Crippen molar-refractivity contribution in [2.75, 3.05) is 20.1 Å². The van der Waals surface area contributed by atoms with Crippen LogP contribution in [-0.2, 0) is 4.79 Å². The highest BCUT2D eigenvalue weighted by Crippen LogP contribution is 2.31. The average molecular weight is 266 g/mol. The number of hydrogen-bond donors (Lipinski definition) is 1. The number of hydrogen-bond acceptors (Lipinski definition) is 2. The summed E-state index contributed by atoms with van der Waals surface area (Å²) in [5.41, 5.74) is 0. The van der Waals surface area contributed by atoms with Gasteiger partial charge in [0.05, 0.1) is 0 Å². The minimum absolute atomic E-state index is 0.258. The number of rotatable bonds is 5. The number of carbonyl (C=O) groups excluding carboxylic acids is 1. The number of carbonyl (C=O) groups is 1. The zero-order chi connectivity index (χ0) is 13.7. The lowest BCUT2D eigenvalue weighted by Gasteiger charge is -2.31. The van der Waals surface area contributed by atoms with E-state index >= 15 is 0 Å². The van der Waals surface area contributed by atoms with Gasteiger partial charge in [-0.3, -0.25) is 4.79 Å².